The fourth-order valence-electron chi connectivity index (χ4n) is 14.2. The number of phenols is 2. The van der Waals surface area contributed by atoms with E-state index in [1.165, 1.54) is 123 Å². The van der Waals surface area contributed by atoms with Crippen LogP contribution in [0.5, 0.6) is 17.2 Å². The van der Waals surface area contributed by atoms with E-state index in [9.17, 15) is 40.0 Å². The molecule has 0 saturated carbocycles. The van der Waals surface area contributed by atoms with E-state index in [0.29, 0.717) is 50.8 Å². The molecule has 0 amide bonds. The second-order valence-electron chi connectivity index (χ2n) is 23.8. The molecular formula is C72H70BrCl4N5O9. The van der Waals surface area contributed by atoms with E-state index in [1.54, 1.807) is 0 Å². The molecule has 0 fully saturated rings. The maximum Gasteiger partial charge on any atom is 0.343 e. The second kappa shape index (κ2) is 29.6. The third-order valence-corrected chi connectivity index (χ3v) is 19.9. The first-order valence-corrected chi connectivity index (χ1v) is 33.4. The van der Waals surface area contributed by atoms with Crippen molar-refractivity contribution in [1.29, 1.82) is 0 Å². The summed E-state index contributed by atoms with van der Waals surface area (Å²) >= 11 is 26.9. The highest BCUT2D eigenvalue weighted by Crippen LogP contribution is 2.48. The van der Waals surface area contributed by atoms with E-state index in [1.807, 2.05) is 42.2 Å². The van der Waals surface area contributed by atoms with Crippen LogP contribution in [-0.4, -0.2) is 111 Å². The van der Waals surface area contributed by atoms with Gasteiger partial charge in [-0.25, -0.2) is 4.79 Å². The molecule has 472 valence electrons. The molecule has 8 aromatic carbocycles. The minimum atomic E-state index is -0.620. The van der Waals surface area contributed by atoms with E-state index in [0.717, 1.165) is 70.1 Å². The van der Waals surface area contributed by atoms with Gasteiger partial charge in [0.25, 0.3) is 16.6 Å². The number of nitro groups is 2. The van der Waals surface area contributed by atoms with Gasteiger partial charge >= 0.3 is 5.97 Å². The molecule has 0 saturated heterocycles. The van der Waals surface area contributed by atoms with Gasteiger partial charge < -0.3 is 29.6 Å². The van der Waals surface area contributed by atoms with Crippen molar-refractivity contribution in [2.45, 2.75) is 93.7 Å². The number of halogens is 5. The summed E-state index contributed by atoms with van der Waals surface area (Å²) in [6.45, 7) is 3.02. The van der Waals surface area contributed by atoms with Crippen LogP contribution >= 0.6 is 62.3 Å². The van der Waals surface area contributed by atoms with Crippen LogP contribution in [0.1, 0.15) is 124 Å². The monoisotopic (exact) mass is 1370 g/mol. The summed E-state index contributed by atoms with van der Waals surface area (Å²) in [5, 5.41) is 42.0. The highest BCUT2D eigenvalue weighted by atomic mass is 79.9. The lowest BCUT2D eigenvalue weighted by Gasteiger charge is -2.38. The lowest BCUT2D eigenvalue weighted by molar-refractivity contribution is -0.385. The van der Waals surface area contributed by atoms with Crippen molar-refractivity contribution in [2.75, 3.05) is 46.6 Å². The number of ether oxygens (including phenoxy) is 1. The Bertz CT molecular complexity index is 3850. The topological polar surface area (TPSA) is 180 Å². The van der Waals surface area contributed by atoms with Gasteiger partial charge in [0, 0.05) is 85.3 Å². The van der Waals surface area contributed by atoms with Crippen molar-refractivity contribution in [2.24, 2.45) is 0 Å². The Morgan fingerprint density at radius 3 is 1.14 bits per heavy atom. The molecule has 3 heterocycles. The minimum absolute atomic E-state index is 0.0586. The SMILES string of the molecule is CBr.CN1CCc2cc(Cl)c(O)cc2[C@H]2c3ccccc3CC[C@@H]21.CN1CCc2cc(Cl)c(O)cc2[C@H]2c3ccccc3CC[C@@H]21.CN1CCc2cc(Cl)c(OC(=O)c3ccc([N+](=O)[O-])cc3)cc2[C@H]2c3ccccc3CC[C@@H]21.O=C(Cl)c1ccc([N+](=O)[O-])cc1. The van der Waals surface area contributed by atoms with Crippen LogP contribution in [0.3, 0.4) is 0 Å². The third-order valence-electron chi connectivity index (χ3n) is 18.8. The van der Waals surface area contributed by atoms with E-state index in [2.05, 4.69) is 125 Å². The standard InChI is InChI=1S/C26H23ClN2O4.2C19H20ClNO.C7H4ClNO3.CH3Br/c1-28-13-12-18-14-22(27)24(33-26(30)17-6-9-19(10-7-17)29(31)32)15-21(18)25-20-5-3-2-4-16(20)8-11-23(25)28;2*1-21-9-8-13-10-16(20)18(22)11-15(13)19-14-5-3-2-4-12(14)6-7-17(19)21;8-7(10)5-1-3-6(4-2-5)9(11)12;1-2/h2-7,9-10,14-15,23,25H,8,11-13H2,1H3;2*2-5,10-11,17,19,22H,6-9H2,1H3;1-4H;1H3/t23-,25+;2*17-,19+;;/m000../s1. The molecule has 3 aliphatic heterocycles. The van der Waals surface area contributed by atoms with Crippen LogP contribution in [0, 0.1) is 20.2 Å². The zero-order valence-electron chi connectivity index (χ0n) is 50.8. The summed E-state index contributed by atoms with van der Waals surface area (Å²) in [6.07, 6.45) is 9.57. The van der Waals surface area contributed by atoms with Crippen LogP contribution in [0.25, 0.3) is 0 Å². The predicted molar refractivity (Wildman–Crippen MR) is 364 cm³/mol. The number of aryl methyl sites for hydroxylation is 3. The van der Waals surface area contributed by atoms with Gasteiger partial charge in [-0.15, -0.1) is 0 Å². The predicted octanol–water partition coefficient (Wildman–Crippen LogP) is 16.3. The molecule has 6 aliphatic rings. The largest absolute Gasteiger partial charge is 0.506 e. The summed E-state index contributed by atoms with van der Waals surface area (Å²) in [7, 11) is 6.62. The zero-order chi connectivity index (χ0) is 64.8. The number of esters is 1. The number of fused-ring (bicyclic) bond motifs is 15. The molecule has 2 N–H and O–H groups in total. The van der Waals surface area contributed by atoms with Crippen LogP contribution in [-0.2, 0) is 38.5 Å². The molecule has 3 aliphatic carbocycles. The first-order valence-electron chi connectivity index (χ1n) is 30.3. The first kappa shape index (κ1) is 66.7. The van der Waals surface area contributed by atoms with E-state index >= 15 is 0 Å². The molecule has 91 heavy (non-hydrogen) atoms. The average molecular weight is 1370 g/mol. The summed E-state index contributed by atoms with van der Waals surface area (Å²) in [4.78, 5) is 50.7. The molecule has 0 unspecified atom stereocenters. The number of carbonyl (C=O) groups is 2. The number of rotatable bonds is 5. The van der Waals surface area contributed by atoms with E-state index < -0.39 is 21.1 Å². The molecule has 0 spiro atoms. The fourth-order valence-corrected chi connectivity index (χ4v) is 14.9. The van der Waals surface area contributed by atoms with Gasteiger partial charge in [-0.05, 0) is 224 Å². The second-order valence-corrected chi connectivity index (χ2v) is 25.4. The van der Waals surface area contributed by atoms with Crippen molar-refractivity contribution < 1.29 is 34.4 Å². The number of phenolic OH excluding ortho intramolecular Hbond substituents is 2. The normalized spacial score (nSPS) is 20.1. The molecule has 6 atom stereocenters. The van der Waals surface area contributed by atoms with Gasteiger partial charge in [-0.3, -0.25) is 25.0 Å². The molecule has 0 radical (unpaired) electrons. The van der Waals surface area contributed by atoms with Gasteiger partial charge in [0.1, 0.15) is 17.2 Å². The summed E-state index contributed by atoms with van der Waals surface area (Å²) in [5.74, 6) is 2.76. The number of likely N-dealkylation sites (N-methyl/N-ethyl adjacent to an activating group) is 3. The quantitative estimate of drug-likeness (QED) is 0.0416. The molecule has 0 bridgehead atoms. The number of carbonyl (C=O) groups excluding carboxylic acids is 2. The van der Waals surface area contributed by atoms with E-state index in [4.69, 9.17) is 51.1 Å². The number of hydrogen-bond acceptors (Lipinski definition) is 12. The smallest absolute Gasteiger partial charge is 0.343 e. The molecular weight excluding hydrogens is 1300 g/mol. The number of nitrogens with zero attached hydrogens (tertiary/aromatic N) is 5. The minimum Gasteiger partial charge on any atom is -0.506 e. The Morgan fingerprint density at radius 2 is 0.791 bits per heavy atom. The van der Waals surface area contributed by atoms with Gasteiger partial charge in [0.2, 0.25) is 0 Å². The Morgan fingerprint density at radius 1 is 0.462 bits per heavy atom. The third kappa shape index (κ3) is 14.7. The Hall–Kier alpha value is -7.18. The van der Waals surface area contributed by atoms with Crippen LogP contribution in [0.15, 0.2) is 158 Å². The summed E-state index contributed by atoms with van der Waals surface area (Å²) < 4.78 is 5.68. The van der Waals surface area contributed by atoms with Crippen molar-refractivity contribution >= 4 is 84.9 Å². The van der Waals surface area contributed by atoms with Crippen molar-refractivity contribution in [1.82, 2.24) is 14.7 Å². The van der Waals surface area contributed by atoms with E-state index in [-0.39, 0.29) is 39.9 Å². The number of alkyl halides is 1. The maximum atomic E-state index is 12.8. The number of nitro benzene ring substituents is 2. The highest BCUT2D eigenvalue weighted by molar-refractivity contribution is 9.08. The molecule has 14 nitrogen and oxygen atoms in total. The number of aromatic hydroxyl groups is 2. The van der Waals surface area contributed by atoms with Gasteiger partial charge in [0.15, 0.2) is 0 Å². The Labute approximate surface area is 558 Å². The van der Waals surface area contributed by atoms with Crippen molar-refractivity contribution in [3.05, 3.63) is 271 Å². The maximum absolute atomic E-state index is 12.8. The molecule has 0 aromatic heterocycles. The van der Waals surface area contributed by atoms with Gasteiger partial charge in [-0.2, -0.15) is 0 Å². The molecule has 8 aromatic rings. The number of benzene rings is 8. The van der Waals surface area contributed by atoms with Crippen LogP contribution in [0.4, 0.5) is 11.4 Å². The van der Waals surface area contributed by atoms with Crippen LogP contribution < -0.4 is 4.74 Å². The fraction of sp³-hybridized carbons (Fsp3) is 0.306. The van der Waals surface area contributed by atoms with Gasteiger partial charge in [0.05, 0.1) is 30.5 Å². The Kier molecular flexibility index (Phi) is 21.7. The van der Waals surface area contributed by atoms with Crippen molar-refractivity contribution in [3.8, 4) is 17.2 Å². The summed E-state index contributed by atoms with van der Waals surface area (Å²) in [6, 6.07) is 49.4. The zero-order valence-corrected chi connectivity index (χ0v) is 55.4. The lowest BCUT2D eigenvalue weighted by atomic mass is 9.74. The first-order chi connectivity index (χ1) is 43.8. The number of non-ortho nitro benzene ring substituents is 2. The lowest BCUT2D eigenvalue weighted by Crippen LogP contribution is -2.39. The number of hydrogen-bond donors (Lipinski definition) is 2. The molecule has 14 rings (SSSR count). The highest BCUT2D eigenvalue weighted by Gasteiger charge is 2.40. The summed E-state index contributed by atoms with van der Waals surface area (Å²) in [5.41, 5.74) is 16.1. The molecule has 19 heteroatoms. The Balaban J connectivity index is 0.000000139. The van der Waals surface area contributed by atoms with Crippen molar-refractivity contribution in [3.63, 3.8) is 0 Å². The van der Waals surface area contributed by atoms with Gasteiger partial charge in [-0.1, -0.05) is 124 Å². The average Bonchev–Trinajstić information content (AvgIpc) is 1.81. The van der Waals surface area contributed by atoms with Crippen LogP contribution in [0.2, 0.25) is 15.1 Å².